The lowest BCUT2D eigenvalue weighted by atomic mass is 10.2. The van der Waals surface area contributed by atoms with Gasteiger partial charge in [-0.2, -0.15) is 4.31 Å². The smallest absolute Gasteiger partial charge is 0.255 e. The summed E-state index contributed by atoms with van der Waals surface area (Å²) >= 11 is 6.15. The number of hydrogen-bond donors (Lipinski definition) is 0. The number of para-hydroxylation sites is 1. The Morgan fingerprint density at radius 3 is 2.41 bits per heavy atom. The highest BCUT2D eigenvalue weighted by Crippen LogP contribution is 2.24. The van der Waals surface area contributed by atoms with Crippen LogP contribution >= 0.6 is 11.6 Å². The van der Waals surface area contributed by atoms with Gasteiger partial charge < -0.3 is 9.64 Å². The molecule has 0 unspecified atom stereocenters. The molecule has 0 aliphatic carbocycles. The van der Waals surface area contributed by atoms with Gasteiger partial charge in [0.2, 0.25) is 10.0 Å². The largest absolute Gasteiger partial charge is 0.489 e. The Morgan fingerprint density at radius 2 is 1.79 bits per heavy atom. The van der Waals surface area contributed by atoms with Crippen LogP contribution in [-0.2, 0) is 10.0 Å². The zero-order chi connectivity index (χ0) is 21.6. The van der Waals surface area contributed by atoms with Crippen molar-refractivity contribution in [1.82, 2.24) is 9.21 Å². The molecule has 0 aliphatic heterocycles. The van der Waals surface area contributed by atoms with E-state index in [1.165, 1.54) is 46.6 Å². The Morgan fingerprint density at radius 1 is 1.14 bits per heavy atom. The van der Waals surface area contributed by atoms with E-state index in [1.807, 2.05) is 0 Å². The lowest BCUT2D eigenvalue weighted by molar-refractivity contribution is 0.0773. The van der Waals surface area contributed by atoms with Gasteiger partial charge in [0.1, 0.15) is 6.61 Å². The van der Waals surface area contributed by atoms with E-state index in [0.717, 1.165) is 0 Å². The second-order valence-corrected chi connectivity index (χ2v) is 8.58. The molecular formula is C20H24ClFN2O4S. The fraction of sp³-hybridized carbons (Fsp3) is 0.350. The number of hydrogen-bond acceptors (Lipinski definition) is 4. The quantitative estimate of drug-likeness (QED) is 0.594. The third kappa shape index (κ3) is 5.46. The molecule has 0 fully saturated rings. The summed E-state index contributed by atoms with van der Waals surface area (Å²) in [6.07, 6.45) is 0. The number of ether oxygens (including phenoxy) is 1. The predicted molar refractivity (Wildman–Crippen MR) is 110 cm³/mol. The molecule has 0 bridgehead atoms. The molecule has 0 aromatic heterocycles. The lowest BCUT2D eigenvalue weighted by Gasteiger charge is -2.21. The molecular weight excluding hydrogens is 419 g/mol. The molecule has 0 saturated carbocycles. The van der Waals surface area contributed by atoms with Gasteiger partial charge in [-0.25, -0.2) is 12.8 Å². The third-order valence-corrected chi connectivity index (χ3v) is 6.75. The van der Waals surface area contributed by atoms with E-state index < -0.39 is 21.7 Å². The highest BCUT2D eigenvalue weighted by atomic mass is 35.5. The number of carbonyl (C=O) groups is 1. The summed E-state index contributed by atoms with van der Waals surface area (Å²) in [5, 5.41) is 0.148. The van der Waals surface area contributed by atoms with Crippen molar-refractivity contribution < 1.29 is 22.3 Å². The topological polar surface area (TPSA) is 66.9 Å². The van der Waals surface area contributed by atoms with Crippen LogP contribution in [-0.4, -0.2) is 56.8 Å². The number of halogens is 2. The van der Waals surface area contributed by atoms with Gasteiger partial charge in [0.25, 0.3) is 5.91 Å². The second kappa shape index (κ2) is 10.0. The fourth-order valence-electron chi connectivity index (χ4n) is 2.70. The number of carbonyl (C=O) groups excluding carboxylic acids is 1. The summed E-state index contributed by atoms with van der Waals surface area (Å²) < 4.78 is 45.7. The van der Waals surface area contributed by atoms with Gasteiger partial charge >= 0.3 is 0 Å². The molecule has 0 heterocycles. The number of likely N-dealkylation sites (N-methyl/N-ethyl adjacent to an activating group) is 1. The van der Waals surface area contributed by atoms with Crippen molar-refractivity contribution >= 4 is 27.5 Å². The van der Waals surface area contributed by atoms with Crippen LogP contribution in [0.4, 0.5) is 4.39 Å². The van der Waals surface area contributed by atoms with Crippen LogP contribution in [0.2, 0.25) is 5.02 Å². The van der Waals surface area contributed by atoms with Crippen molar-refractivity contribution in [2.24, 2.45) is 0 Å². The van der Waals surface area contributed by atoms with E-state index in [2.05, 4.69) is 0 Å². The van der Waals surface area contributed by atoms with Crippen molar-refractivity contribution in [3.63, 3.8) is 0 Å². The van der Waals surface area contributed by atoms with Crippen molar-refractivity contribution in [1.29, 1.82) is 0 Å². The second-order valence-electron chi connectivity index (χ2n) is 6.24. The Balaban J connectivity index is 2.14. The predicted octanol–water partition coefficient (Wildman–Crippen LogP) is 3.66. The highest BCUT2D eigenvalue weighted by Gasteiger charge is 2.24. The molecule has 6 nitrogen and oxygen atoms in total. The van der Waals surface area contributed by atoms with E-state index in [4.69, 9.17) is 16.3 Å². The Bertz CT molecular complexity index is 965. The van der Waals surface area contributed by atoms with Crippen LogP contribution < -0.4 is 4.74 Å². The number of benzene rings is 2. The van der Waals surface area contributed by atoms with Gasteiger partial charge in [0, 0.05) is 20.1 Å². The summed E-state index contributed by atoms with van der Waals surface area (Å²) in [6, 6.07) is 10.0. The molecule has 2 aromatic rings. The van der Waals surface area contributed by atoms with Gasteiger partial charge in [-0.05, 0) is 30.3 Å². The number of rotatable bonds is 9. The first kappa shape index (κ1) is 23.1. The maximum absolute atomic E-state index is 13.6. The highest BCUT2D eigenvalue weighted by molar-refractivity contribution is 7.89. The van der Waals surface area contributed by atoms with E-state index in [0.29, 0.717) is 13.1 Å². The monoisotopic (exact) mass is 442 g/mol. The summed E-state index contributed by atoms with van der Waals surface area (Å²) in [5.74, 6) is -0.846. The minimum atomic E-state index is -3.72. The van der Waals surface area contributed by atoms with Crippen LogP contribution in [0, 0.1) is 5.82 Å². The summed E-state index contributed by atoms with van der Waals surface area (Å²) in [7, 11) is -2.18. The average Bonchev–Trinajstić information content (AvgIpc) is 2.69. The molecule has 158 valence electrons. The number of sulfonamides is 1. The van der Waals surface area contributed by atoms with Crippen LogP contribution in [0.25, 0.3) is 0 Å². The molecule has 1 amide bonds. The van der Waals surface area contributed by atoms with Crippen LogP contribution in [0.15, 0.2) is 47.4 Å². The van der Waals surface area contributed by atoms with E-state index in [9.17, 15) is 17.6 Å². The van der Waals surface area contributed by atoms with Gasteiger partial charge in [0.15, 0.2) is 11.6 Å². The number of amides is 1. The SMILES string of the molecule is CCN(CC)S(=O)(=O)c1ccc(Cl)c(C(=O)N(C)CCOc2ccccc2F)c1. The summed E-state index contributed by atoms with van der Waals surface area (Å²) in [6.45, 7) is 4.35. The Hall–Kier alpha value is -2.16. The normalized spacial score (nSPS) is 11.5. The van der Waals surface area contributed by atoms with Crippen LogP contribution in [0.5, 0.6) is 5.75 Å². The van der Waals surface area contributed by atoms with Gasteiger partial charge in [0.05, 0.1) is 22.0 Å². The fourth-order valence-corrected chi connectivity index (χ4v) is 4.39. The standard InChI is InChI=1S/C20H24ClFN2O4S/c1-4-24(5-2)29(26,27)15-10-11-17(21)16(14-15)20(25)23(3)12-13-28-19-9-7-6-8-18(19)22/h6-11,14H,4-5,12-13H2,1-3H3. The van der Waals surface area contributed by atoms with Crippen molar-refractivity contribution in [3.05, 3.63) is 58.9 Å². The molecule has 0 atom stereocenters. The summed E-state index contributed by atoms with van der Waals surface area (Å²) in [5.41, 5.74) is 0.0771. The Labute approximate surface area is 175 Å². The maximum Gasteiger partial charge on any atom is 0.255 e. The first-order chi connectivity index (χ1) is 13.7. The molecule has 2 rings (SSSR count). The minimum Gasteiger partial charge on any atom is -0.489 e. The third-order valence-electron chi connectivity index (χ3n) is 4.38. The molecule has 0 radical (unpaired) electrons. The first-order valence-corrected chi connectivity index (χ1v) is 11.0. The van der Waals surface area contributed by atoms with Gasteiger partial charge in [-0.15, -0.1) is 0 Å². The maximum atomic E-state index is 13.6. The molecule has 9 heteroatoms. The lowest BCUT2D eigenvalue weighted by Crippen LogP contribution is -2.32. The van der Waals surface area contributed by atoms with Crippen LogP contribution in [0.3, 0.4) is 0 Å². The van der Waals surface area contributed by atoms with E-state index in [1.54, 1.807) is 26.0 Å². The molecule has 0 spiro atoms. The molecule has 2 aromatic carbocycles. The summed E-state index contributed by atoms with van der Waals surface area (Å²) in [4.78, 5) is 14.1. The Kier molecular flexibility index (Phi) is 8.01. The van der Waals surface area contributed by atoms with Gasteiger partial charge in [-0.1, -0.05) is 37.6 Å². The van der Waals surface area contributed by atoms with Crippen molar-refractivity contribution in [3.8, 4) is 5.75 Å². The van der Waals surface area contributed by atoms with E-state index >= 15 is 0 Å². The average molecular weight is 443 g/mol. The minimum absolute atomic E-state index is 0.00459. The zero-order valence-corrected chi connectivity index (χ0v) is 18.1. The van der Waals surface area contributed by atoms with E-state index in [-0.39, 0.29) is 34.4 Å². The number of nitrogens with zero attached hydrogens (tertiary/aromatic N) is 2. The molecule has 0 N–H and O–H groups in total. The van der Waals surface area contributed by atoms with Gasteiger partial charge in [-0.3, -0.25) is 4.79 Å². The molecule has 29 heavy (non-hydrogen) atoms. The first-order valence-electron chi connectivity index (χ1n) is 9.14. The van der Waals surface area contributed by atoms with Crippen LogP contribution in [0.1, 0.15) is 24.2 Å². The van der Waals surface area contributed by atoms with Crippen molar-refractivity contribution in [2.75, 3.05) is 33.3 Å². The zero-order valence-electron chi connectivity index (χ0n) is 16.6. The molecule has 0 aliphatic rings. The van der Waals surface area contributed by atoms with Crippen molar-refractivity contribution in [2.45, 2.75) is 18.7 Å². The molecule has 0 saturated heterocycles.